The molecule has 1 aliphatic carbocycles. The molecule has 4 nitrogen and oxygen atoms in total. The van der Waals surface area contributed by atoms with Crippen molar-refractivity contribution in [1.82, 2.24) is 9.97 Å². The number of unbranched alkanes of at least 4 members (excludes halogenated alkanes) is 2. The second-order valence-corrected chi connectivity index (χ2v) is 5.89. The van der Waals surface area contributed by atoms with E-state index in [4.69, 9.17) is 4.74 Å². The van der Waals surface area contributed by atoms with Gasteiger partial charge >= 0.3 is 0 Å². The number of methoxy groups -OCH3 is 1. The lowest BCUT2D eigenvalue weighted by atomic mass is 10.1. The maximum atomic E-state index is 10.0. The third-order valence-corrected chi connectivity index (χ3v) is 4.15. The number of aromatic nitrogens is 2. The highest BCUT2D eigenvalue weighted by Gasteiger charge is 2.19. The predicted molar refractivity (Wildman–Crippen MR) is 82.7 cm³/mol. The first-order valence-electron chi connectivity index (χ1n) is 7.80. The number of fused-ring (bicyclic) bond motifs is 1. The highest BCUT2D eigenvalue weighted by Crippen LogP contribution is 2.34. The minimum Gasteiger partial charge on any atom is -0.497 e. The monoisotopic (exact) mass is 286 g/mol. The van der Waals surface area contributed by atoms with Gasteiger partial charge in [-0.3, -0.25) is 0 Å². The van der Waals surface area contributed by atoms with Crippen LogP contribution < -0.4 is 4.74 Å². The fraction of sp³-hybridized carbons (Fsp3) is 0.529. The van der Waals surface area contributed by atoms with E-state index in [0.29, 0.717) is 11.2 Å². The molecule has 1 aromatic carbocycles. The minimum absolute atomic E-state index is 0.0537. The average Bonchev–Trinajstić information content (AvgIpc) is 3.31. The van der Waals surface area contributed by atoms with Gasteiger partial charge in [-0.25, -0.2) is 9.97 Å². The molecule has 0 spiro atoms. The Balaban J connectivity index is 1.62. The van der Waals surface area contributed by atoms with Gasteiger partial charge in [0.25, 0.3) is 0 Å². The summed E-state index contributed by atoms with van der Waals surface area (Å²) < 4.78 is 5.16. The molecule has 1 saturated carbocycles. The van der Waals surface area contributed by atoms with Gasteiger partial charge in [-0.05, 0) is 30.9 Å². The van der Waals surface area contributed by atoms with Gasteiger partial charge in [-0.15, -0.1) is 0 Å². The number of ether oxygens (including phenoxy) is 1. The maximum absolute atomic E-state index is 10.0. The predicted octanol–water partition coefficient (Wildman–Crippen LogP) is 3.86. The van der Waals surface area contributed by atoms with Crippen LogP contribution in [0.15, 0.2) is 18.2 Å². The molecule has 0 atom stereocenters. The zero-order valence-electron chi connectivity index (χ0n) is 12.5. The number of aromatic hydroxyl groups is 1. The number of hydrogen-bond acceptors (Lipinski definition) is 4. The molecule has 1 fully saturated rings. The lowest BCUT2D eigenvalue weighted by Gasteiger charge is -2.06. The summed E-state index contributed by atoms with van der Waals surface area (Å²) in [5.74, 6) is 1.79. The third kappa shape index (κ3) is 3.63. The van der Waals surface area contributed by atoms with Gasteiger partial charge in [-0.1, -0.05) is 32.1 Å². The van der Waals surface area contributed by atoms with Crippen LogP contribution in [0.3, 0.4) is 0 Å². The molecule has 1 heterocycles. The normalized spacial score (nSPS) is 14.5. The Kier molecular flexibility index (Phi) is 4.23. The van der Waals surface area contributed by atoms with Gasteiger partial charge in [0, 0.05) is 6.07 Å². The molecule has 0 radical (unpaired) electrons. The number of benzene rings is 1. The number of hydrogen-bond donors (Lipinski definition) is 1. The third-order valence-electron chi connectivity index (χ3n) is 4.15. The Morgan fingerprint density at radius 1 is 1.14 bits per heavy atom. The van der Waals surface area contributed by atoms with Crippen molar-refractivity contribution in [2.45, 2.75) is 44.9 Å². The molecule has 21 heavy (non-hydrogen) atoms. The van der Waals surface area contributed by atoms with E-state index in [1.54, 1.807) is 13.2 Å². The Labute approximate surface area is 125 Å². The SMILES string of the molecule is COc1ccc2nc(CCCCCC3CC3)c(O)nc2c1. The van der Waals surface area contributed by atoms with Crippen molar-refractivity contribution < 1.29 is 9.84 Å². The topological polar surface area (TPSA) is 55.2 Å². The summed E-state index contributed by atoms with van der Waals surface area (Å²) in [6.07, 6.45) is 8.60. The zero-order chi connectivity index (χ0) is 14.7. The van der Waals surface area contributed by atoms with Crippen LogP contribution in [0.25, 0.3) is 11.0 Å². The first-order valence-corrected chi connectivity index (χ1v) is 7.80. The molecule has 4 heteroatoms. The largest absolute Gasteiger partial charge is 0.497 e. The molecule has 0 aliphatic heterocycles. The van der Waals surface area contributed by atoms with Crippen molar-refractivity contribution in [1.29, 1.82) is 0 Å². The van der Waals surface area contributed by atoms with Crippen LogP contribution in [0, 0.1) is 5.92 Å². The minimum atomic E-state index is 0.0537. The number of aryl methyl sites for hydroxylation is 1. The fourth-order valence-electron chi connectivity index (χ4n) is 2.66. The van der Waals surface area contributed by atoms with Gasteiger partial charge in [0.05, 0.1) is 18.1 Å². The highest BCUT2D eigenvalue weighted by molar-refractivity contribution is 5.76. The molecular formula is C17H22N2O2. The Bertz CT molecular complexity index is 623. The van der Waals surface area contributed by atoms with Crippen molar-refractivity contribution in [2.24, 2.45) is 5.92 Å². The van der Waals surface area contributed by atoms with E-state index in [1.807, 2.05) is 12.1 Å². The molecule has 112 valence electrons. The average molecular weight is 286 g/mol. The molecule has 1 aromatic heterocycles. The molecule has 0 saturated heterocycles. The van der Waals surface area contributed by atoms with Crippen molar-refractivity contribution >= 4 is 11.0 Å². The number of nitrogens with zero attached hydrogens (tertiary/aromatic N) is 2. The second-order valence-electron chi connectivity index (χ2n) is 5.89. The van der Waals surface area contributed by atoms with Crippen LogP contribution in [0.1, 0.15) is 44.2 Å². The van der Waals surface area contributed by atoms with Crippen LogP contribution in [0.2, 0.25) is 0 Å². The summed E-state index contributed by atoms with van der Waals surface area (Å²) in [6, 6.07) is 5.55. The Hall–Kier alpha value is -1.84. The summed E-state index contributed by atoms with van der Waals surface area (Å²) in [7, 11) is 1.62. The van der Waals surface area contributed by atoms with Gasteiger partial charge in [0.15, 0.2) is 0 Å². The highest BCUT2D eigenvalue weighted by atomic mass is 16.5. The van der Waals surface area contributed by atoms with Crippen LogP contribution in [0.5, 0.6) is 11.6 Å². The number of rotatable bonds is 7. The maximum Gasteiger partial charge on any atom is 0.233 e. The molecule has 0 bridgehead atoms. The molecule has 0 unspecified atom stereocenters. The molecule has 1 aliphatic rings. The summed E-state index contributed by atoms with van der Waals surface area (Å²) in [6.45, 7) is 0. The van der Waals surface area contributed by atoms with Crippen LogP contribution >= 0.6 is 0 Å². The first kappa shape index (κ1) is 14.1. The van der Waals surface area contributed by atoms with Crippen LogP contribution in [-0.4, -0.2) is 22.2 Å². The van der Waals surface area contributed by atoms with E-state index in [2.05, 4.69) is 9.97 Å². The Morgan fingerprint density at radius 3 is 2.76 bits per heavy atom. The van der Waals surface area contributed by atoms with Crippen molar-refractivity contribution in [3.63, 3.8) is 0 Å². The van der Waals surface area contributed by atoms with Crippen molar-refractivity contribution in [2.75, 3.05) is 7.11 Å². The van der Waals surface area contributed by atoms with Crippen LogP contribution in [-0.2, 0) is 6.42 Å². The van der Waals surface area contributed by atoms with Crippen molar-refractivity contribution in [3.05, 3.63) is 23.9 Å². The van der Waals surface area contributed by atoms with Gasteiger partial charge in [-0.2, -0.15) is 0 Å². The lowest BCUT2D eigenvalue weighted by molar-refractivity contribution is 0.415. The quantitative estimate of drug-likeness (QED) is 0.785. The zero-order valence-corrected chi connectivity index (χ0v) is 12.5. The Morgan fingerprint density at radius 2 is 2.00 bits per heavy atom. The van der Waals surface area contributed by atoms with E-state index in [1.165, 1.54) is 32.1 Å². The molecule has 0 amide bonds. The second kappa shape index (κ2) is 6.29. The van der Waals surface area contributed by atoms with E-state index in [9.17, 15) is 5.11 Å². The van der Waals surface area contributed by atoms with Gasteiger partial charge in [0.1, 0.15) is 11.4 Å². The standard InChI is InChI=1S/C17H22N2O2/c1-21-13-9-10-14-16(11-13)19-17(20)15(18-14)6-4-2-3-5-12-7-8-12/h9-12H,2-8H2,1H3,(H,19,20). The first-order chi connectivity index (χ1) is 10.3. The molecule has 1 N–H and O–H groups in total. The molecule has 3 rings (SSSR count). The van der Waals surface area contributed by atoms with Gasteiger partial charge in [0.2, 0.25) is 5.88 Å². The summed E-state index contributed by atoms with van der Waals surface area (Å²) >= 11 is 0. The van der Waals surface area contributed by atoms with Crippen molar-refractivity contribution in [3.8, 4) is 11.6 Å². The van der Waals surface area contributed by atoms with Gasteiger partial charge < -0.3 is 9.84 Å². The smallest absolute Gasteiger partial charge is 0.233 e. The molecule has 2 aromatic rings. The van der Waals surface area contributed by atoms with E-state index < -0.39 is 0 Å². The fourth-order valence-corrected chi connectivity index (χ4v) is 2.66. The summed E-state index contributed by atoms with van der Waals surface area (Å²) in [4.78, 5) is 8.76. The van der Waals surface area contributed by atoms with Crippen LogP contribution in [0.4, 0.5) is 0 Å². The van der Waals surface area contributed by atoms with E-state index in [0.717, 1.165) is 30.0 Å². The van der Waals surface area contributed by atoms with E-state index >= 15 is 0 Å². The summed E-state index contributed by atoms with van der Waals surface area (Å²) in [5, 5.41) is 10.0. The molecular weight excluding hydrogens is 264 g/mol. The summed E-state index contributed by atoms with van der Waals surface area (Å²) in [5.41, 5.74) is 2.19. The lowest BCUT2D eigenvalue weighted by Crippen LogP contribution is -1.96. The van der Waals surface area contributed by atoms with E-state index in [-0.39, 0.29) is 5.88 Å².